The lowest BCUT2D eigenvalue weighted by Gasteiger charge is -2.38. The van der Waals surface area contributed by atoms with Gasteiger partial charge in [0.05, 0.1) is 25.7 Å². The summed E-state index contributed by atoms with van der Waals surface area (Å²) in [6.07, 6.45) is 0.306. The van der Waals surface area contributed by atoms with Crippen LogP contribution >= 0.6 is 11.6 Å². The van der Waals surface area contributed by atoms with E-state index in [1.807, 2.05) is 85.5 Å². The third kappa shape index (κ3) is 3.88. The molecule has 3 aromatic rings. The highest BCUT2D eigenvalue weighted by Gasteiger charge is 2.35. The lowest BCUT2D eigenvalue weighted by atomic mass is 9.87. The fraction of sp³-hybridized carbons (Fsp3) is 0.240. The van der Waals surface area contributed by atoms with E-state index in [9.17, 15) is 4.79 Å². The molecule has 0 bridgehead atoms. The van der Waals surface area contributed by atoms with Gasteiger partial charge in [0.15, 0.2) is 11.5 Å². The molecule has 0 saturated carbocycles. The Labute approximate surface area is 182 Å². The van der Waals surface area contributed by atoms with Gasteiger partial charge in [-0.15, -0.1) is 0 Å². The van der Waals surface area contributed by atoms with Crippen LogP contribution in [0.2, 0.25) is 5.02 Å². The summed E-state index contributed by atoms with van der Waals surface area (Å²) >= 11 is 6.14. The molecule has 0 unspecified atom stereocenters. The molecule has 0 spiro atoms. The zero-order valence-electron chi connectivity index (χ0n) is 17.1. The Bertz CT molecular complexity index is 1030. The molecule has 0 aromatic heterocycles. The van der Waals surface area contributed by atoms with Crippen LogP contribution in [0.5, 0.6) is 11.5 Å². The summed E-state index contributed by atoms with van der Waals surface area (Å²) in [7, 11) is 0. The fourth-order valence-corrected chi connectivity index (χ4v) is 4.07. The van der Waals surface area contributed by atoms with Crippen molar-refractivity contribution in [2.75, 3.05) is 18.1 Å². The Morgan fingerprint density at radius 1 is 0.933 bits per heavy atom. The second-order valence-electron chi connectivity index (χ2n) is 7.09. The highest BCUT2D eigenvalue weighted by molar-refractivity contribution is 6.30. The Morgan fingerprint density at radius 2 is 1.57 bits per heavy atom. The number of amides is 1. The van der Waals surface area contributed by atoms with E-state index in [2.05, 4.69) is 0 Å². The molecular weight excluding hydrogens is 398 g/mol. The van der Waals surface area contributed by atoms with Crippen LogP contribution in [0.25, 0.3) is 0 Å². The van der Waals surface area contributed by atoms with Gasteiger partial charge in [-0.2, -0.15) is 0 Å². The maximum atomic E-state index is 13.3. The van der Waals surface area contributed by atoms with Gasteiger partial charge in [-0.3, -0.25) is 4.79 Å². The van der Waals surface area contributed by atoms with Crippen molar-refractivity contribution < 1.29 is 14.3 Å². The first-order valence-corrected chi connectivity index (χ1v) is 10.5. The highest BCUT2D eigenvalue weighted by Crippen LogP contribution is 2.43. The normalized spacial score (nSPS) is 15.6. The number of ether oxygens (including phenoxy) is 2. The molecule has 1 heterocycles. The number of benzene rings is 3. The third-order valence-electron chi connectivity index (χ3n) is 5.19. The van der Waals surface area contributed by atoms with Gasteiger partial charge in [-0.1, -0.05) is 41.9 Å². The molecule has 0 saturated heterocycles. The lowest BCUT2D eigenvalue weighted by Crippen LogP contribution is -2.41. The number of anilines is 1. The quantitative estimate of drug-likeness (QED) is 0.503. The molecule has 4 rings (SSSR count). The summed E-state index contributed by atoms with van der Waals surface area (Å²) in [5, 5.41) is 0.661. The maximum absolute atomic E-state index is 13.3. The highest BCUT2D eigenvalue weighted by atomic mass is 35.5. The molecule has 3 aromatic carbocycles. The van der Waals surface area contributed by atoms with E-state index >= 15 is 0 Å². The standard InChI is InChI=1S/C25H24ClNO3/c1-3-29-22-14-18-15-24(28)27(20-8-6-5-7-9-20)25(17-10-12-19(26)13-11-17)21(18)16-23(22)30-4-2/h5-14,16,25H,3-4,15H2,1-2H3/t25-/m0/s1. The Morgan fingerprint density at radius 3 is 2.20 bits per heavy atom. The van der Waals surface area contributed by atoms with Crippen LogP contribution in [0.4, 0.5) is 5.69 Å². The Balaban J connectivity index is 1.92. The fourth-order valence-electron chi connectivity index (χ4n) is 3.95. The second kappa shape index (κ2) is 8.80. The van der Waals surface area contributed by atoms with Crippen molar-refractivity contribution in [3.63, 3.8) is 0 Å². The van der Waals surface area contributed by atoms with Crippen LogP contribution in [0.3, 0.4) is 0 Å². The molecule has 1 aliphatic heterocycles. The minimum absolute atomic E-state index is 0.0419. The monoisotopic (exact) mass is 421 g/mol. The Hall–Kier alpha value is -2.98. The zero-order chi connectivity index (χ0) is 21.1. The van der Waals surface area contributed by atoms with Gasteiger partial charge in [0.1, 0.15) is 0 Å². The van der Waals surface area contributed by atoms with E-state index in [1.165, 1.54) is 0 Å². The number of para-hydroxylation sites is 1. The average Bonchev–Trinajstić information content (AvgIpc) is 2.75. The van der Waals surface area contributed by atoms with Crippen molar-refractivity contribution >= 4 is 23.2 Å². The molecule has 154 valence electrons. The van der Waals surface area contributed by atoms with Crippen molar-refractivity contribution in [1.29, 1.82) is 0 Å². The molecule has 0 N–H and O–H groups in total. The van der Waals surface area contributed by atoms with Crippen molar-refractivity contribution in [3.05, 3.63) is 88.4 Å². The summed E-state index contributed by atoms with van der Waals surface area (Å²) in [5.74, 6) is 1.41. The number of hydrogen-bond donors (Lipinski definition) is 0. The number of halogens is 1. The van der Waals surface area contributed by atoms with Crippen LogP contribution < -0.4 is 14.4 Å². The van der Waals surface area contributed by atoms with Gasteiger partial charge < -0.3 is 14.4 Å². The van der Waals surface area contributed by atoms with Gasteiger partial charge in [-0.25, -0.2) is 0 Å². The number of fused-ring (bicyclic) bond motifs is 1. The number of rotatable bonds is 6. The first-order chi connectivity index (χ1) is 14.6. The maximum Gasteiger partial charge on any atom is 0.232 e. The van der Waals surface area contributed by atoms with E-state index < -0.39 is 0 Å². The zero-order valence-corrected chi connectivity index (χ0v) is 17.9. The summed E-state index contributed by atoms with van der Waals surface area (Å²) in [6, 6.07) is 21.1. The third-order valence-corrected chi connectivity index (χ3v) is 5.44. The van der Waals surface area contributed by atoms with Crippen LogP contribution in [0.15, 0.2) is 66.7 Å². The van der Waals surface area contributed by atoms with Gasteiger partial charge in [0, 0.05) is 10.7 Å². The summed E-state index contributed by atoms with van der Waals surface area (Å²) < 4.78 is 11.7. The summed E-state index contributed by atoms with van der Waals surface area (Å²) in [4.78, 5) is 15.2. The molecule has 4 nitrogen and oxygen atoms in total. The minimum Gasteiger partial charge on any atom is -0.490 e. The van der Waals surface area contributed by atoms with Crippen LogP contribution in [0.1, 0.15) is 36.6 Å². The van der Waals surface area contributed by atoms with Crippen LogP contribution in [-0.2, 0) is 11.2 Å². The average molecular weight is 422 g/mol. The molecule has 1 aliphatic rings. The van der Waals surface area contributed by atoms with E-state index in [1.54, 1.807) is 0 Å². The molecular formula is C25H24ClNO3. The van der Waals surface area contributed by atoms with E-state index in [-0.39, 0.29) is 11.9 Å². The molecule has 0 radical (unpaired) electrons. The van der Waals surface area contributed by atoms with Crippen molar-refractivity contribution in [3.8, 4) is 11.5 Å². The van der Waals surface area contributed by atoms with E-state index in [0.29, 0.717) is 36.2 Å². The first-order valence-electron chi connectivity index (χ1n) is 10.2. The summed E-state index contributed by atoms with van der Waals surface area (Å²) in [6.45, 7) is 4.95. The number of carbonyl (C=O) groups is 1. The smallest absolute Gasteiger partial charge is 0.232 e. The molecule has 0 aliphatic carbocycles. The molecule has 5 heteroatoms. The van der Waals surface area contributed by atoms with Crippen LogP contribution in [0, 0.1) is 0 Å². The van der Waals surface area contributed by atoms with E-state index in [0.717, 1.165) is 22.4 Å². The number of nitrogens with zero attached hydrogens (tertiary/aromatic N) is 1. The van der Waals surface area contributed by atoms with Gasteiger partial charge in [-0.05, 0) is 66.9 Å². The summed E-state index contributed by atoms with van der Waals surface area (Å²) in [5.41, 5.74) is 3.84. The van der Waals surface area contributed by atoms with Gasteiger partial charge in [0.25, 0.3) is 0 Å². The van der Waals surface area contributed by atoms with Crippen molar-refractivity contribution in [2.24, 2.45) is 0 Å². The topological polar surface area (TPSA) is 38.8 Å². The predicted octanol–water partition coefficient (Wildman–Crippen LogP) is 5.82. The Kier molecular flexibility index (Phi) is 5.96. The minimum atomic E-state index is -0.282. The van der Waals surface area contributed by atoms with E-state index in [4.69, 9.17) is 21.1 Å². The van der Waals surface area contributed by atoms with Gasteiger partial charge >= 0.3 is 0 Å². The number of carbonyl (C=O) groups excluding carboxylic acids is 1. The lowest BCUT2D eigenvalue weighted by molar-refractivity contribution is -0.118. The molecule has 1 atom stereocenters. The SMILES string of the molecule is CCOc1cc2c(cc1OCC)[C@H](c1ccc(Cl)cc1)N(c1ccccc1)C(=O)C2. The number of hydrogen-bond acceptors (Lipinski definition) is 3. The van der Waals surface area contributed by atoms with Crippen LogP contribution in [-0.4, -0.2) is 19.1 Å². The van der Waals surface area contributed by atoms with Crippen molar-refractivity contribution in [2.45, 2.75) is 26.3 Å². The predicted molar refractivity (Wildman–Crippen MR) is 120 cm³/mol. The molecule has 0 fully saturated rings. The van der Waals surface area contributed by atoms with Gasteiger partial charge in [0.2, 0.25) is 5.91 Å². The van der Waals surface area contributed by atoms with Crippen molar-refractivity contribution in [1.82, 2.24) is 0 Å². The largest absolute Gasteiger partial charge is 0.490 e. The molecule has 1 amide bonds. The first kappa shape index (κ1) is 20.3. The molecule has 30 heavy (non-hydrogen) atoms. The second-order valence-corrected chi connectivity index (χ2v) is 7.53.